The predicted molar refractivity (Wildman–Crippen MR) is 57.4 cm³/mol. The van der Waals surface area contributed by atoms with E-state index in [2.05, 4.69) is 10.3 Å². The van der Waals surface area contributed by atoms with Crippen LogP contribution in [0.5, 0.6) is 0 Å². The number of benzene rings is 1. The van der Waals surface area contributed by atoms with Gasteiger partial charge in [-0.2, -0.15) is 5.26 Å². The second-order valence-electron chi connectivity index (χ2n) is 3.48. The number of aromatic nitrogens is 3. The maximum atomic E-state index is 13.2. The van der Waals surface area contributed by atoms with Gasteiger partial charge in [0.05, 0.1) is 29.6 Å². The highest BCUT2D eigenvalue weighted by Gasteiger charge is 2.11. The van der Waals surface area contributed by atoms with Crippen LogP contribution in [0.15, 0.2) is 24.4 Å². The summed E-state index contributed by atoms with van der Waals surface area (Å²) in [4.78, 5) is 10.6. The predicted octanol–water partition coefficient (Wildman–Crippen LogP) is 0.905. The molecule has 18 heavy (non-hydrogen) atoms. The van der Waals surface area contributed by atoms with Crippen molar-refractivity contribution in [1.82, 2.24) is 15.0 Å². The SMILES string of the molecule is N#Cc1cc(-n2nncc2CC(=O)O)ccc1F. The average molecular weight is 246 g/mol. The summed E-state index contributed by atoms with van der Waals surface area (Å²) in [6, 6.07) is 5.52. The van der Waals surface area contributed by atoms with Crippen LogP contribution in [0, 0.1) is 17.1 Å². The number of aliphatic carboxylic acids is 1. The fourth-order valence-electron chi connectivity index (χ4n) is 1.48. The van der Waals surface area contributed by atoms with Crippen molar-refractivity contribution in [3.8, 4) is 11.8 Å². The Bertz CT molecular complexity index is 645. The van der Waals surface area contributed by atoms with E-state index in [1.54, 1.807) is 6.07 Å². The van der Waals surface area contributed by atoms with Gasteiger partial charge in [0.2, 0.25) is 0 Å². The van der Waals surface area contributed by atoms with Gasteiger partial charge in [0, 0.05) is 0 Å². The molecular weight excluding hydrogens is 239 g/mol. The lowest BCUT2D eigenvalue weighted by Crippen LogP contribution is -2.08. The fraction of sp³-hybridized carbons (Fsp3) is 0.0909. The van der Waals surface area contributed by atoms with Crippen LogP contribution in [0.3, 0.4) is 0 Å². The first-order valence-electron chi connectivity index (χ1n) is 4.93. The molecule has 2 rings (SSSR count). The van der Waals surface area contributed by atoms with Crippen molar-refractivity contribution < 1.29 is 14.3 Å². The number of carbonyl (C=O) groups is 1. The molecule has 0 spiro atoms. The lowest BCUT2D eigenvalue weighted by atomic mass is 10.2. The third-order valence-corrected chi connectivity index (χ3v) is 2.27. The summed E-state index contributed by atoms with van der Waals surface area (Å²) in [5.74, 6) is -1.66. The second kappa shape index (κ2) is 4.63. The van der Waals surface area contributed by atoms with Crippen molar-refractivity contribution >= 4 is 5.97 Å². The Morgan fingerprint density at radius 2 is 2.33 bits per heavy atom. The molecule has 0 bridgehead atoms. The summed E-state index contributed by atoms with van der Waals surface area (Å²) in [5.41, 5.74) is 0.601. The summed E-state index contributed by atoms with van der Waals surface area (Å²) in [7, 11) is 0. The molecule has 1 N–H and O–H groups in total. The van der Waals surface area contributed by atoms with Gasteiger partial charge in [0.25, 0.3) is 0 Å². The summed E-state index contributed by atoms with van der Waals surface area (Å²) < 4.78 is 14.4. The molecule has 0 aliphatic rings. The number of hydrogen-bond donors (Lipinski definition) is 1. The van der Waals surface area contributed by atoms with E-state index in [0.29, 0.717) is 11.4 Å². The third-order valence-electron chi connectivity index (χ3n) is 2.27. The third kappa shape index (κ3) is 2.17. The smallest absolute Gasteiger partial charge is 0.309 e. The molecule has 0 fully saturated rings. The Morgan fingerprint density at radius 1 is 1.56 bits per heavy atom. The molecule has 0 saturated carbocycles. The van der Waals surface area contributed by atoms with E-state index < -0.39 is 11.8 Å². The van der Waals surface area contributed by atoms with E-state index in [-0.39, 0.29) is 12.0 Å². The van der Waals surface area contributed by atoms with Crippen molar-refractivity contribution in [2.75, 3.05) is 0 Å². The molecule has 0 aliphatic carbocycles. The Kier molecular flexibility index (Phi) is 3.02. The van der Waals surface area contributed by atoms with Gasteiger partial charge in [0.1, 0.15) is 11.9 Å². The Hall–Kier alpha value is -2.75. The zero-order chi connectivity index (χ0) is 13.1. The quantitative estimate of drug-likeness (QED) is 0.868. The number of halogens is 1. The second-order valence-corrected chi connectivity index (χ2v) is 3.48. The minimum Gasteiger partial charge on any atom is -0.481 e. The van der Waals surface area contributed by atoms with E-state index in [9.17, 15) is 9.18 Å². The molecule has 7 heteroatoms. The van der Waals surface area contributed by atoms with Crippen LogP contribution < -0.4 is 0 Å². The lowest BCUT2D eigenvalue weighted by molar-refractivity contribution is -0.136. The molecule has 1 heterocycles. The van der Waals surface area contributed by atoms with Gasteiger partial charge in [0.15, 0.2) is 0 Å². The minimum absolute atomic E-state index is 0.135. The fourth-order valence-corrected chi connectivity index (χ4v) is 1.48. The zero-order valence-electron chi connectivity index (χ0n) is 9.04. The molecule has 0 unspecified atom stereocenters. The molecule has 6 nitrogen and oxygen atoms in total. The van der Waals surface area contributed by atoms with Gasteiger partial charge in [-0.3, -0.25) is 4.79 Å². The highest BCUT2D eigenvalue weighted by molar-refractivity contribution is 5.69. The molecule has 2 aromatic rings. The van der Waals surface area contributed by atoms with Crippen LogP contribution in [0.4, 0.5) is 4.39 Å². The molecule has 1 aromatic heterocycles. The molecule has 90 valence electrons. The van der Waals surface area contributed by atoms with Crippen molar-refractivity contribution in [1.29, 1.82) is 5.26 Å². The largest absolute Gasteiger partial charge is 0.481 e. The highest BCUT2D eigenvalue weighted by atomic mass is 19.1. The molecular formula is C11H7FN4O2. The van der Waals surface area contributed by atoms with E-state index >= 15 is 0 Å². The van der Waals surface area contributed by atoms with Crippen LogP contribution in [-0.4, -0.2) is 26.1 Å². The molecule has 0 aliphatic heterocycles. The summed E-state index contributed by atoms with van der Waals surface area (Å²) in [5, 5.41) is 24.8. The van der Waals surface area contributed by atoms with E-state index in [1.807, 2.05) is 0 Å². The van der Waals surface area contributed by atoms with Crippen LogP contribution in [0.1, 0.15) is 11.3 Å². The number of hydrogen-bond acceptors (Lipinski definition) is 4. The molecule has 0 radical (unpaired) electrons. The topological polar surface area (TPSA) is 91.8 Å². The Labute approximate surface area is 101 Å². The number of nitriles is 1. The first-order valence-corrected chi connectivity index (χ1v) is 4.93. The van der Waals surface area contributed by atoms with Gasteiger partial charge in [-0.05, 0) is 18.2 Å². The van der Waals surface area contributed by atoms with Crippen molar-refractivity contribution in [3.05, 3.63) is 41.5 Å². The molecule has 0 amide bonds. The van der Waals surface area contributed by atoms with Gasteiger partial charge in [-0.15, -0.1) is 5.10 Å². The van der Waals surface area contributed by atoms with E-state index in [1.165, 1.54) is 23.0 Å². The van der Waals surface area contributed by atoms with Gasteiger partial charge in [-0.25, -0.2) is 9.07 Å². The summed E-state index contributed by atoms with van der Waals surface area (Å²) >= 11 is 0. The number of carboxylic acids is 1. The lowest BCUT2D eigenvalue weighted by Gasteiger charge is -2.05. The molecule has 0 saturated heterocycles. The summed E-state index contributed by atoms with van der Waals surface area (Å²) in [6.07, 6.45) is 1.05. The van der Waals surface area contributed by atoms with Crippen molar-refractivity contribution in [2.45, 2.75) is 6.42 Å². The normalized spacial score (nSPS) is 10.0. The maximum Gasteiger partial charge on any atom is 0.309 e. The number of carboxylic acid groups (broad SMARTS) is 1. The van der Waals surface area contributed by atoms with Crippen LogP contribution in [-0.2, 0) is 11.2 Å². The molecule has 1 aromatic carbocycles. The van der Waals surface area contributed by atoms with Crippen molar-refractivity contribution in [3.63, 3.8) is 0 Å². The monoisotopic (exact) mass is 246 g/mol. The van der Waals surface area contributed by atoms with Crippen molar-refractivity contribution in [2.24, 2.45) is 0 Å². The number of nitrogens with zero attached hydrogens (tertiary/aromatic N) is 4. The van der Waals surface area contributed by atoms with E-state index in [0.717, 1.165) is 6.07 Å². The van der Waals surface area contributed by atoms with Gasteiger partial charge < -0.3 is 5.11 Å². The highest BCUT2D eigenvalue weighted by Crippen LogP contribution is 2.14. The first-order chi connectivity index (χ1) is 8.61. The molecule has 0 atom stereocenters. The van der Waals surface area contributed by atoms with E-state index in [4.69, 9.17) is 10.4 Å². The standard InChI is InChI=1S/C11H7FN4O2/c12-10-2-1-8(3-7(10)5-13)16-9(4-11(17)18)6-14-15-16/h1-3,6H,4H2,(H,17,18). The van der Waals surface area contributed by atoms with Gasteiger partial charge >= 0.3 is 5.97 Å². The Balaban J connectivity index is 2.46. The van der Waals surface area contributed by atoms with Crippen LogP contribution >= 0.6 is 0 Å². The first kappa shape index (κ1) is 11.7. The average Bonchev–Trinajstić information content (AvgIpc) is 2.77. The van der Waals surface area contributed by atoms with Gasteiger partial charge in [-0.1, -0.05) is 5.21 Å². The van der Waals surface area contributed by atoms with Crippen LogP contribution in [0.25, 0.3) is 5.69 Å². The zero-order valence-corrected chi connectivity index (χ0v) is 9.04. The minimum atomic E-state index is -1.03. The number of rotatable bonds is 3. The summed E-state index contributed by atoms with van der Waals surface area (Å²) in [6.45, 7) is 0. The van der Waals surface area contributed by atoms with Crippen LogP contribution in [0.2, 0.25) is 0 Å². The maximum absolute atomic E-state index is 13.2. The Morgan fingerprint density at radius 3 is 3.00 bits per heavy atom.